The van der Waals surface area contributed by atoms with Crippen molar-refractivity contribution in [3.63, 3.8) is 0 Å². The normalized spacial score (nSPS) is 12.1. The second-order valence-electron chi connectivity index (χ2n) is 4.59. The standard InChI is InChI=1S/C14H22N2O3S/c1-5-7-10(15)12(17)16-13-11(14(18)19-6-2)8(3)9(4)20-13/h10H,5-7,15H2,1-4H3,(H,16,17)/t10-/m1/s1. The number of nitrogens with two attached hydrogens (primary N) is 1. The van der Waals surface area contributed by atoms with Gasteiger partial charge in [0.05, 0.1) is 18.2 Å². The lowest BCUT2D eigenvalue weighted by molar-refractivity contribution is -0.117. The van der Waals surface area contributed by atoms with Crippen molar-refractivity contribution in [3.8, 4) is 0 Å². The Hall–Kier alpha value is -1.40. The highest BCUT2D eigenvalue weighted by Gasteiger charge is 2.23. The van der Waals surface area contributed by atoms with Gasteiger partial charge < -0.3 is 15.8 Å². The molecule has 1 heterocycles. The molecule has 1 aromatic heterocycles. The number of anilines is 1. The minimum atomic E-state index is -0.558. The molecule has 1 rings (SSSR count). The molecule has 0 saturated carbocycles. The van der Waals surface area contributed by atoms with Crippen molar-refractivity contribution in [3.05, 3.63) is 16.0 Å². The number of esters is 1. The molecule has 5 nitrogen and oxygen atoms in total. The van der Waals surface area contributed by atoms with Crippen LogP contribution in [0.1, 0.15) is 47.5 Å². The summed E-state index contributed by atoms with van der Waals surface area (Å²) in [6.07, 6.45) is 1.45. The van der Waals surface area contributed by atoms with Gasteiger partial charge in [-0.3, -0.25) is 4.79 Å². The summed E-state index contributed by atoms with van der Waals surface area (Å²) in [7, 11) is 0. The van der Waals surface area contributed by atoms with Crippen LogP contribution in [0.25, 0.3) is 0 Å². The zero-order valence-corrected chi connectivity index (χ0v) is 13.2. The Bertz CT molecular complexity index is 497. The topological polar surface area (TPSA) is 81.4 Å². The SMILES string of the molecule is CCC[C@@H](N)C(=O)Nc1sc(C)c(C)c1C(=O)OCC. The first-order valence-corrected chi connectivity index (χ1v) is 7.57. The van der Waals surface area contributed by atoms with Crippen molar-refractivity contribution in [2.75, 3.05) is 11.9 Å². The minimum Gasteiger partial charge on any atom is -0.462 e. The van der Waals surface area contributed by atoms with Crippen LogP contribution in [0.4, 0.5) is 5.00 Å². The molecule has 0 spiro atoms. The summed E-state index contributed by atoms with van der Waals surface area (Å²) in [6, 6.07) is -0.558. The predicted molar refractivity (Wildman–Crippen MR) is 81.3 cm³/mol. The number of hydrogen-bond donors (Lipinski definition) is 2. The maximum absolute atomic E-state index is 12.0. The van der Waals surface area contributed by atoms with Gasteiger partial charge in [-0.2, -0.15) is 0 Å². The van der Waals surface area contributed by atoms with Crippen LogP contribution >= 0.6 is 11.3 Å². The van der Waals surface area contributed by atoms with E-state index < -0.39 is 12.0 Å². The Labute approximate surface area is 123 Å². The first-order valence-electron chi connectivity index (χ1n) is 6.75. The largest absolute Gasteiger partial charge is 0.462 e. The van der Waals surface area contributed by atoms with E-state index in [0.717, 1.165) is 16.9 Å². The summed E-state index contributed by atoms with van der Waals surface area (Å²) in [5.74, 6) is -0.674. The predicted octanol–water partition coefficient (Wildman–Crippen LogP) is 2.61. The van der Waals surface area contributed by atoms with Crippen molar-refractivity contribution in [2.45, 2.75) is 46.6 Å². The summed E-state index contributed by atoms with van der Waals surface area (Å²) >= 11 is 1.37. The molecule has 0 aliphatic heterocycles. The van der Waals surface area contributed by atoms with Crippen molar-refractivity contribution < 1.29 is 14.3 Å². The molecule has 0 unspecified atom stereocenters. The Morgan fingerprint density at radius 2 is 2.00 bits per heavy atom. The second-order valence-corrected chi connectivity index (χ2v) is 5.82. The molecule has 0 aliphatic carbocycles. The van der Waals surface area contributed by atoms with Crippen LogP contribution in [0.5, 0.6) is 0 Å². The van der Waals surface area contributed by atoms with Gasteiger partial charge in [-0.25, -0.2) is 4.79 Å². The lowest BCUT2D eigenvalue weighted by Gasteiger charge is -2.11. The molecule has 0 aliphatic rings. The maximum atomic E-state index is 12.0. The van der Waals surface area contributed by atoms with Gasteiger partial charge in [0.25, 0.3) is 0 Å². The number of ether oxygens (including phenoxy) is 1. The van der Waals surface area contributed by atoms with E-state index in [1.165, 1.54) is 11.3 Å². The third kappa shape index (κ3) is 3.80. The number of aryl methyl sites for hydroxylation is 1. The molecule has 1 aromatic rings. The molecule has 112 valence electrons. The number of thiophene rings is 1. The van der Waals surface area contributed by atoms with Gasteiger partial charge in [0.1, 0.15) is 5.00 Å². The number of hydrogen-bond acceptors (Lipinski definition) is 5. The number of nitrogens with one attached hydrogen (secondary N) is 1. The van der Waals surface area contributed by atoms with Crippen LogP contribution < -0.4 is 11.1 Å². The minimum absolute atomic E-state index is 0.265. The van der Waals surface area contributed by atoms with E-state index in [4.69, 9.17) is 10.5 Å². The van der Waals surface area contributed by atoms with Crippen molar-refractivity contribution >= 4 is 28.2 Å². The zero-order chi connectivity index (χ0) is 15.3. The Morgan fingerprint density at radius 1 is 1.35 bits per heavy atom. The van der Waals surface area contributed by atoms with Crippen LogP contribution in [-0.4, -0.2) is 24.5 Å². The molecule has 1 amide bonds. The molecule has 0 fully saturated rings. The molecule has 6 heteroatoms. The second kappa shape index (κ2) is 7.40. The van der Waals surface area contributed by atoms with E-state index in [9.17, 15) is 9.59 Å². The number of carbonyl (C=O) groups is 2. The molecule has 20 heavy (non-hydrogen) atoms. The highest BCUT2D eigenvalue weighted by Crippen LogP contribution is 2.33. The molecule has 0 saturated heterocycles. The van der Waals surface area contributed by atoms with Gasteiger partial charge in [0.2, 0.25) is 5.91 Å². The monoisotopic (exact) mass is 298 g/mol. The quantitative estimate of drug-likeness (QED) is 0.791. The first kappa shape index (κ1) is 16.7. The highest BCUT2D eigenvalue weighted by atomic mass is 32.1. The Balaban J connectivity index is 2.98. The van der Waals surface area contributed by atoms with E-state index in [-0.39, 0.29) is 5.91 Å². The van der Waals surface area contributed by atoms with E-state index >= 15 is 0 Å². The fraction of sp³-hybridized carbons (Fsp3) is 0.571. The third-order valence-electron chi connectivity index (χ3n) is 3.04. The summed E-state index contributed by atoms with van der Waals surface area (Å²) in [6.45, 7) is 7.78. The molecule has 0 aromatic carbocycles. The number of rotatable bonds is 6. The summed E-state index contributed by atoms with van der Waals surface area (Å²) < 4.78 is 5.04. The van der Waals surface area contributed by atoms with E-state index in [0.29, 0.717) is 23.6 Å². The summed E-state index contributed by atoms with van der Waals surface area (Å²) in [5.41, 5.74) is 7.06. The van der Waals surface area contributed by atoms with Crippen LogP contribution in [-0.2, 0) is 9.53 Å². The first-order chi connectivity index (χ1) is 9.42. The van der Waals surface area contributed by atoms with Crippen LogP contribution in [0, 0.1) is 13.8 Å². The molecular formula is C14H22N2O3S. The molecule has 1 atom stereocenters. The zero-order valence-electron chi connectivity index (χ0n) is 12.4. The highest BCUT2D eigenvalue weighted by molar-refractivity contribution is 7.16. The van der Waals surface area contributed by atoms with Crippen molar-refractivity contribution in [2.24, 2.45) is 5.73 Å². The van der Waals surface area contributed by atoms with Crippen molar-refractivity contribution in [1.82, 2.24) is 0 Å². The molecule has 0 bridgehead atoms. The van der Waals surface area contributed by atoms with Gasteiger partial charge in [0.15, 0.2) is 0 Å². The fourth-order valence-electron chi connectivity index (χ4n) is 1.81. The summed E-state index contributed by atoms with van der Waals surface area (Å²) in [4.78, 5) is 24.9. The average molecular weight is 298 g/mol. The van der Waals surface area contributed by atoms with Gasteiger partial charge in [-0.1, -0.05) is 13.3 Å². The fourth-order valence-corrected chi connectivity index (χ4v) is 2.86. The van der Waals surface area contributed by atoms with Crippen molar-refractivity contribution in [1.29, 1.82) is 0 Å². The summed E-state index contributed by atoms with van der Waals surface area (Å²) in [5, 5.41) is 3.27. The van der Waals surface area contributed by atoms with Gasteiger partial charge in [-0.05, 0) is 32.8 Å². The van der Waals surface area contributed by atoms with Gasteiger partial charge >= 0.3 is 5.97 Å². The average Bonchev–Trinajstić information content (AvgIpc) is 2.65. The molecule has 0 radical (unpaired) electrons. The van der Waals surface area contributed by atoms with Gasteiger partial charge in [0, 0.05) is 4.88 Å². The smallest absolute Gasteiger partial charge is 0.341 e. The Kier molecular flexibility index (Phi) is 6.16. The van der Waals surface area contributed by atoms with Crippen LogP contribution in [0.15, 0.2) is 0 Å². The van der Waals surface area contributed by atoms with Crippen LogP contribution in [0.2, 0.25) is 0 Å². The van der Waals surface area contributed by atoms with E-state index in [2.05, 4.69) is 5.32 Å². The third-order valence-corrected chi connectivity index (χ3v) is 4.16. The van der Waals surface area contributed by atoms with E-state index in [1.807, 2.05) is 20.8 Å². The number of carbonyl (C=O) groups excluding carboxylic acids is 2. The maximum Gasteiger partial charge on any atom is 0.341 e. The van der Waals surface area contributed by atoms with Gasteiger partial charge in [-0.15, -0.1) is 11.3 Å². The molecular weight excluding hydrogens is 276 g/mol. The lowest BCUT2D eigenvalue weighted by Crippen LogP contribution is -2.35. The van der Waals surface area contributed by atoms with Crippen LogP contribution in [0.3, 0.4) is 0 Å². The molecule has 3 N–H and O–H groups in total. The van der Waals surface area contributed by atoms with E-state index in [1.54, 1.807) is 6.92 Å². The Morgan fingerprint density at radius 3 is 2.55 bits per heavy atom. The number of amides is 1. The lowest BCUT2D eigenvalue weighted by atomic mass is 10.1.